The molecule has 2 amide bonds. The number of carbonyl (C=O) groups excluding carboxylic acids is 1. The van der Waals surface area contributed by atoms with E-state index in [1.54, 1.807) is 7.11 Å². The van der Waals surface area contributed by atoms with Gasteiger partial charge in [-0.1, -0.05) is 37.3 Å². The molecule has 3 N–H and O–H groups in total. The predicted octanol–water partition coefficient (Wildman–Crippen LogP) is 4.18. The van der Waals surface area contributed by atoms with Gasteiger partial charge in [0, 0.05) is 60.8 Å². The number of nitrogens with one attached hydrogen (secondary N) is 2. The Morgan fingerprint density at radius 2 is 1.97 bits per heavy atom. The number of aliphatic hydroxyl groups is 1. The second-order valence-corrected chi connectivity index (χ2v) is 9.91. The number of aromatic nitrogens is 1. The molecule has 2 aromatic carbocycles. The SMILES string of the molecule is CCCNC(=O)N1CCC2(CC1)CN(Cc1ccccc1)[C@@H](CO)c1[nH]c3cc(OC)ccc3c12. The first kappa shape index (κ1) is 23.7. The largest absolute Gasteiger partial charge is 0.497 e. The van der Waals surface area contributed by atoms with Gasteiger partial charge in [-0.05, 0) is 42.5 Å². The summed E-state index contributed by atoms with van der Waals surface area (Å²) in [6, 6.07) is 16.6. The predicted molar refractivity (Wildman–Crippen MR) is 138 cm³/mol. The van der Waals surface area contributed by atoms with Crippen molar-refractivity contribution in [2.75, 3.05) is 39.9 Å². The van der Waals surface area contributed by atoms with E-state index in [1.807, 2.05) is 23.1 Å². The van der Waals surface area contributed by atoms with Crippen LogP contribution in [0.2, 0.25) is 0 Å². The highest BCUT2D eigenvalue weighted by Crippen LogP contribution is 2.49. The van der Waals surface area contributed by atoms with E-state index < -0.39 is 0 Å². The number of rotatable bonds is 6. The summed E-state index contributed by atoms with van der Waals surface area (Å²) < 4.78 is 5.49. The molecular weight excluding hydrogens is 440 g/mol. The van der Waals surface area contributed by atoms with Crippen LogP contribution < -0.4 is 10.1 Å². The molecule has 7 nitrogen and oxygen atoms in total. The molecule has 3 aromatic rings. The lowest BCUT2D eigenvalue weighted by Gasteiger charge is -2.50. The number of fused-ring (bicyclic) bond motifs is 4. The van der Waals surface area contributed by atoms with Crippen molar-refractivity contribution >= 4 is 16.9 Å². The molecule has 2 aliphatic heterocycles. The summed E-state index contributed by atoms with van der Waals surface area (Å²) in [6.07, 6.45) is 2.71. The fourth-order valence-corrected chi connectivity index (χ4v) is 5.99. The number of amides is 2. The van der Waals surface area contributed by atoms with Gasteiger partial charge < -0.3 is 25.0 Å². The highest BCUT2D eigenvalue weighted by molar-refractivity contribution is 5.88. The summed E-state index contributed by atoms with van der Waals surface area (Å²) in [5, 5.41) is 14.8. The van der Waals surface area contributed by atoms with Crippen molar-refractivity contribution < 1.29 is 14.6 Å². The van der Waals surface area contributed by atoms with Crippen molar-refractivity contribution in [3.05, 3.63) is 65.4 Å². The Morgan fingerprint density at radius 3 is 2.66 bits per heavy atom. The number of methoxy groups -OCH3 is 1. The third kappa shape index (κ3) is 4.39. The van der Waals surface area contributed by atoms with Crippen LogP contribution in [0.5, 0.6) is 5.75 Å². The number of likely N-dealkylation sites (tertiary alicyclic amines) is 1. The van der Waals surface area contributed by atoms with Gasteiger partial charge in [0.25, 0.3) is 0 Å². The van der Waals surface area contributed by atoms with E-state index in [0.717, 1.165) is 62.4 Å². The number of H-pyrrole nitrogens is 1. The Balaban J connectivity index is 1.54. The van der Waals surface area contributed by atoms with Gasteiger partial charge in [0.1, 0.15) is 5.75 Å². The van der Waals surface area contributed by atoms with Crippen LogP contribution in [-0.2, 0) is 12.0 Å². The number of aliphatic hydroxyl groups excluding tert-OH is 1. The first-order chi connectivity index (χ1) is 17.1. The Morgan fingerprint density at radius 1 is 1.20 bits per heavy atom. The molecule has 0 aliphatic carbocycles. The molecule has 1 aromatic heterocycles. The molecule has 1 spiro atoms. The summed E-state index contributed by atoms with van der Waals surface area (Å²) in [5.74, 6) is 0.814. The molecule has 0 unspecified atom stereocenters. The van der Waals surface area contributed by atoms with E-state index in [0.29, 0.717) is 6.54 Å². The van der Waals surface area contributed by atoms with Gasteiger partial charge in [-0.2, -0.15) is 0 Å². The zero-order chi connectivity index (χ0) is 24.4. The minimum atomic E-state index is -0.111. The van der Waals surface area contributed by atoms with Gasteiger partial charge in [0.2, 0.25) is 0 Å². The molecule has 1 saturated heterocycles. The van der Waals surface area contributed by atoms with Gasteiger partial charge in [0.15, 0.2) is 0 Å². The second kappa shape index (κ2) is 9.91. The zero-order valence-corrected chi connectivity index (χ0v) is 20.7. The minimum Gasteiger partial charge on any atom is -0.497 e. The third-order valence-corrected chi connectivity index (χ3v) is 7.78. The quantitative estimate of drug-likeness (QED) is 0.499. The van der Waals surface area contributed by atoms with Crippen LogP contribution in [0.25, 0.3) is 10.9 Å². The molecular formula is C28H36N4O3. The molecule has 7 heteroatoms. The highest BCUT2D eigenvalue weighted by atomic mass is 16.5. The number of benzene rings is 2. The Bertz CT molecular complexity index is 1170. The maximum atomic E-state index is 12.7. The van der Waals surface area contributed by atoms with Gasteiger partial charge in [0.05, 0.1) is 19.8 Å². The van der Waals surface area contributed by atoms with Gasteiger partial charge in [-0.25, -0.2) is 4.79 Å². The van der Waals surface area contributed by atoms with Crippen molar-refractivity contribution in [1.82, 2.24) is 20.1 Å². The molecule has 35 heavy (non-hydrogen) atoms. The van der Waals surface area contributed by atoms with Gasteiger partial charge in [-0.15, -0.1) is 0 Å². The number of urea groups is 1. The topological polar surface area (TPSA) is 80.8 Å². The van der Waals surface area contributed by atoms with E-state index in [-0.39, 0.29) is 24.1 Å². The normalized spacial score (nSPS) is 19.6. The number of hydrogen-bond acceptors (Lipinski definition) is 4. The Hall–Kier alpha value is -3.03. The monoisotopic (exact) mass is 476 g/mol. The van der Waals surface area contributed by atoms with E-state index in [4.69, 9.17) is 4.74 Å². The van der Waals surface area contributed by atoms with Crippen LogP contribution in [0.4, 0.5) is 4.79 Å². The standard InChI is InChI=1S/C28H36N4O3/c1-3-13-29-27(34)31-14-11-28(12-15-31)19-32(17-20-7-5-4-6-8-20)24(18-33)26-25(28)22-10-9-21(35-2)16-23(22)30-26/h4-10,16,24,30,33H,3,11-15,17-19H2,1-2H3,(H,29,34)/t24-/m0/s1. The number of nitrogens with zero attached hydrogens (tertiary/aromatic N) is 2. The molecule has 186 valence electrons. The first-order valence-electron chi connectivity index (χ1n) is 12.7. The number of hydrogen-bond donors (Lipinski definition) is 3. The average Bonchev–Trinajstić information content (AvgIpc) is 3.28. The molecule has 3 heterocycles. The molecule has 1 fully saturated rings. The highest BCUT2D eigenvalue weighted by Gasteiger charge is 2.47. The smallest absolute Gasteiger partial charge is 0.317 e. The summed E-state index contributed by atoms with van der Waals surface area (Å²) >= 11 is 0. The minimum absolute atomic E-state index is 0.0378. The molecule has 1 atom stereocenters. The average molecular weight is 477 g/mol. The molecule has 0 saturated carbocycles. The Kier molecular flexibility index (Phi) is 6.71. The van der Waals surface area contributed by atoms with E-state index in [9.17, 15) is 9.90 Å². The summed E-state index contributed by atoms with van der Waals surface area (Å²) in [4.78, 5) is 20.7. The second-order valence-electron chi connectivity index (χ2n) is 9.91. The van der Waals surface area contributed by atoms with Crippen molar-refractivity contribution in [3.63, 3.8) is 0 Å². The maximum Gasteiger partial charge on any atom is 0.317 e. The summed E-state index contributed by atoms with van der Waals surface area (Å²) in [5.41, 5.74) is 4.59. The maximum absolute atomic E-state index is 12.7. The van der Waals surface area contributed by atoms with Crippen LogP contribution in [0.1, 0.15) is 49.0 Å². The fourth-order valence-electron chi connectivity index (χ4n) is 5.99. The van der Waals surface area contributed by atoms with E-state index in [1.165, 1.54) is 16.5 Å². The lowest BCUT2D eigenvalue weighted by molar-refractivity contribution is 0.0486. The van der Waals surface area contributed by atoms with E-state index >= 15 is 0 Å². The van der Waals surface area contributed by atoms with Gasteiger partial charge >= 0.3 is 6.03 Å². The first-order valence-corrected chi connectivity index (χ1v) is 12.7. The van der Waals surface area contributed by atoms with Gasteiger partial charge in [-0.3, -0.25) is 4.90 Å². The van der Waals surface area contributed by atoms with Crippen LogP contribution in [0.15, 0.2) is 48.5 Å². The van der Waals surface area contributed by atoms with Crippen molar-refractivity contribution in [2.45, 2.75) is 44.2 Å². The molecule has 5 rings (SSSR count). The lowest BCUT2D eigenvalue weighted by Crippen LogP contribution is -2.55. The van der Waals surface area contributed by atoms with Crippen LogP contribution in [0.3, 0.4) is 0 Å². The van der Waals surface area contributed by atoms with Crippen molar-refractivity contribution in [1.29, 1.82) is 0 Å². The van der Waals surface area contributed by atoms with Crippen molar-refractivity contribution in [2.24, 2.45) is 0 Å². The number of carbonyl (C=O) groups is 1. The lowest BCUT2D eigenvalue weighted by atomic mass is 9.68. The number of aromatic amines is 1. The van der Waals surface area contributed by atoms with E-state index in [2.05, 4.69) is 52.5 Å². The van der Waals surface area contributed by atoms with Crippen LogP contribution in [0, 0.1) is 0 Å². The summed E-state index contributed by atoms with van der Waals surface area (Å²) in [7, 11) is 1.68. The third-order valence-electron chi connectivity index (χ3n) is 7.78. The molecule has 0 radical (unpaired) electrons. The Labute approximate surface area is 207 Å². The fraction of sp³-hybridized carbons (Fsp3) is 0.464. The zero-order valence-electron chi connectivity index (χ0n) is 20.7. The summed E-state index contributed by atoms with van der Waals surface area (Å²) in [6.45, 7) is 5.89. The van der Waals surface area contributed by atoms with Crippen LogP contribution >= 0.6 is 0 Å². The molecule has 0 bridgehead atoms. The van der Waals surface area contributed by atoms with Crippen LogP contribution in [-0.4, -0.2) is 65.8 Å². The van der Waals surface area contributed by atoms with Crippen molar-refractivity contribution in [3.8, 4) is 5.75 Å². The molecule has 2 aliphatic rings. The number of piperidine rings is 1. The number of ether oxygens (including phenoxy) is 1.